The van der Waals surface area contributed by atoms with Crippen LogP contribution in [0.3, 0.4) is 0 Å². The fraction of sp³-hybridized carbons (Fsp3) is 0.778. The second kappa shape index (κ2) is 4.52. The first-order valence-corrected chi connectivity index (χ1v) is 4.40. The molecule has 0 aromatic heterocycles. The predicted octanol–water partition coefficient (Wildman–Crippen LogP) is 1.20. The van der Waals surface area contributed by atoms with Gasteiger partial charge in [-0.05, 0) is 25.7 Å². The summed E-state index contributed by atoms with van der Waals surface area (Å²) in [5.41, 5.74) is 7.22. The molecule has 1 aliphatic carbocycles. The van der Waals surface area contributed by atoms with Crippen molar-refractivity contribution in [3.63, 3.8) is 0 Å². The standard InChI is InChI=1S/C9H17NO/c10-9-6-2-1-4-8(9)5-3-7-11/h5,9,11H,1-4,6-7,10H2. The quantitative estimate of drug-likeness (QED) is 0.588. The van der Waals surface area contributed by atoms with Crippen molar-refractivity contribution in [2.24, 2.45) is 5.73 Å². The Kier molecular flexibility index (Phi) is 3.60. The predicted molar refractivity (Wildman–Crippen MR) is 46.2 cm³/mol. The maximum Gasteiger partial charge on any atom is 0.0465 e. The molecule has 0 spiro atoms. The maximum atomic E-state index is 8.60. The molecule has 3 N–H and O–H groups in total. The topological polar surface area (TPSA) is 46.2 Å². The third kappa shape index (κ3) is 2.64. The van der Waals surface area contributed by atoms with Crippen molar-refractivity contribution in [3.05, 3.63) is 11.6 Å². The van der Waals surface area contributed by atoms with Crippen molar-refractivity contribution in [2.75, 3.05) is 6.61 Å². The number of nitrogens with two attached hydrogens (primary N) is 1. The van der Waals surface area contributed by atoms with Crippen LogP contribution in [0.4, 0.5) is 0 Å². The van der Waals surface area contributed by atoms with Crippen LogP contribution in [0, 0.1) is 0 Å². The van der Waals surface area contributed by atoms with Gasteiger partial charge in [0.2, 0.25) is 0 Å². The van der Waals surface area contributed by atoms with Gasteiger partial charge in [-0.3, -0.25) is 0 Å². The summed E-state index contributed by atoms with van der Waals surface area (Å²) in [6, 6.07) is 0.273. The molecule has 1 saturated carbocycles. The fourth-order valence-electron chi connectivity index (χ4n) is 1.57. The molecule has 64 valence electrons. The van der Waals surface area contributed by atoms with E-state index in [2.05, 4.69) is 6.08 Å². The molecule has 1 unspecified atom stereocenters. The Balaban J connectivity index is 2.40. The van der Waals surface area contributed by atoms with E-state index in [0.29, 0.717) is 0 Å². The van der Waals surface area contributed by atoms with E-state index < -0.39 is 0 Å². The molecule has 0 aliphatic heterocycles. The van der Waals surface area contributed by atoms with E-state index in [4.69, 9.17) is 10.8 Å². The van der Waals surface area contributed by atoms with Crippen LogP contribution in [-0.2, 0) is 0 Å². The molecule has 0 heterocycles. The van der Waals surface area contributed by atoms with Crippen LogP contribution in [0.25, 0.3) is 0 Å². The number of aliphatic hydroxyl groups is 1. The lowest BCUT2D eigenvalue weighted by Crippen LogP contribution is -2.25. The van der Waals surface area contributed by atoms with E-state index >= 15 is 0 Å². The van der Waals surface area contributed by atoms with E-state index in [1.54, 1.807) is 0 Å². The highest BCUT2D eigenvalue weighted by molar-refractivity contribution is 5.12. The molecule has 0 aromatic carbocycles. The van der Waals surface area contributed by atoms with Gasteiger partial charge < -0.3 is 10.8 Å². The van der Waals surface area contributed by atoms with E-state index in [1.165, 1.54) is 18.4 Å². The number of hydrogen-bond donors (Lipinski definition) is 2. The van der Waals surface area contributed by atoms with Gasteiger partial charge in [0.25, 0.3) is 0 Å². The SMILES string of the molecule is NC1CCCCC1=CCCO. The zero-order valence-corrected chi connectivity index (χ0v) is 6.92. The average Bonchev–Trinajstić information content (AvgIpc) is 2.03. The molecule has 2 nitrogen and oxygen atoms in total. The molecular weight excluding hydrogens is 138 g/mol. The molecule has 0 amide bonds. The normalized spacial score (nSPS) is 29.3. The van der Waals surface area contributed by atoms with Gasteiger partial charge in [0.05, 0.1) is 0 Å². The Morgan fingerprint density at radius 1 is 1.55 bits per heavy atom. The van der Waals surface area contributed by atoms with Crippen LogP contribution in [0.1, 0.15) is 32.1 Å². The molecule has 1 atom stereocenters. The molecule has 1 rings (SSSR count). The molecule has 2 heteroatoms. The lowest BCUT2D eigenvalue weighted by molar-refractivity contribution is 0.302. The minimum absolute atomic E-state index is 0.246. The second-order valence-electron chi connectivity index (χ2n) is 3.14. The van der Waals surface area contributed by atoms with Gasteiger partial charge in [-0.15, -0.1) is 0 Å². The van der Waals surface area contributed by atoms with Crippen LogP contribution < -0.4 is 5.73 Å². The molecule has 11 heavy (non-hydrogen) atoms. The first-order chi connectivity index (χ1) is 5.34. The van der Waals surface area contributed by atoms with Crippen molar-refractivity contribution in [1.29, 1.82) is 0 Å². The Bertz CT molecular complexity index is 142. The van der Waals surface area contributed by atoms with Crippen LogP contribution in [-0.4, -0.2) is 17.8 Å². The first-order valence-electron chi connectivity index (χ1n) is 4.40. The molecule has 1 fully saturated rings. The van der Waals surface area contributed by atoms with Crippen molar-refractivity contribution in [3.8, 4) is 0 Å². The Morgan fingerprint density at radius 2 is 2.36 bits per heavy atom. The minimum Gasteiger partial charge on any atom is -0.396 e. The van der Waals surface area contributed by atoms with Gasteiger partial charge in [-0.25, -0.2) is 0 Å². The Labute approximate surface area is 68.1 Å². The van der Waals surface area contributed by atoms with Crippen molar-refractivity contribution in [1.82, 2.24) is 0 Å². The lowest BCUT2D eigenvalue weighted by Gasteiger charge is -2.21. The van der Waals surface area contributed by atoms with Gasteiger partial charge in [0.15, 0.2) is 0 Å². The van der Waals surface area contributed by atoms with Gasteiger partial charge in [0, 0.05) is 12.6 Å². The van der Waals surface area contributed by atoms with Crippen molar-refractivity contribution in [2.45, 2.75) is 38.1 Å². The van der Waals surface area contributed by atoms with Crippen LogP contribution >= 0.6 is 0 Å². The summed E-state index contributed by atoms with van der Waals surface area (Å²) in [6.07, 6.45) is 7.66. The Morgan fingerprint density at radius 3 is 3.00 bits per heavy atom. The third-order valence-corrected chi connectivity index (χ3v) is 2.24. The Hall–Kier alpha value is -0.340. The summed E-state index contributed by atoms with van der Waals surface area (Å²) in [6.45, 7) is 0.246. The number of aliphatic hydroxyl groups excluding tert-OH is 1. The smallest absolute Gasteiger partial charge is 0.0465 e. The van der Waals surface area contributed by atoms with Gasteiger partial charge in [-0.1, -0.05) is 18.1 Å². The second-order valence-corrected chi connectivity index (χ2v) is 3.14. The zero-order valence-electron chi connectivity index (χ0n) is 6.92. The summed E-state index contributed by atoms with van der Waals surface area (Å²) in [5, 5.41) is 8.60. The molecule has 0 saturated heterocycles. The first kappa shape index (κ1) is 8.75. The monoisotopic (exact) mass is 155 g/mol. The molecule has 1 aliphatic rings. The van der Waals surface area contributed by atoms with Crippen molar-refractivity contribution < 1.29 is 5.11 Å². The summed E-state index contributed by atoms with van der Waals surface area (Å²) in [5.74, 6) is 0. The highest BCUT2D eigenvalue weighted by atomic mass is 16.2. The summed E-state index contributed by atoms with van der Waals surface area (Å²) < 4.78 is 0. The molecule has 0 aromatic rings. The van der Waals surface area contributed by atoms with Crippen molar-refractivity contribution >= 4 is 0 Å². The number of rotatable bonds is 2. The molecule has 0 bridgehead atoms. The van der Waals surface area contributed by atoms with Gasteiger partial charge in [-0.2, -0.15) is 0 Å². The van der Waals surface area contributed by atoms with Gasteiger partial charge >= 0.3 is 0 Å². The van der Waals surface area contributed by atoms with E-state index in [0.717, 1.165) is 19.3 Å². The highest BCUT2D eigenvalue weighted by Crippen LogP contribution is 2.22. The van der Waals surface area contributed by atoms with E-state index in [1.807, 2.05) is 0 Å². The average molecular weight is 155 g/mol. The minimum atomic E-state index is 0.246. The summed E-state index contributed by atoms with van der Waals surface area (Å²) in [4.78, 5) is 0. The number of hydrogen-bond acceptors (Lipinski definition) is 2. The van der Waals surface area contributed by atoms with Crippen LogP contribution in [0.15, 0.2) is 11.6 Å². The molecule has 0 radical (unpaired) electrons. The van der Waals surface area contributed by atoms with E-state index in [9.17, 15) is 0 Å². The third-order valence-electron chi connectivity index (χ3n) is 2.24. The largest absolute Gasteiger partial charge is 0.396 e. The molecular formula is C9H17NO. The highest BCUT2D eigenvalue weighted by Gasteiger charge is 2.13. The fourth-order valence-corrected chi connectivity index (χ4v) is 1.57. The van der Waals surface area contributed by atoms with Crippen LogP contribution in [0.2, 0.25) is 0 Å². The zero-order chi connectivity index (χ0) is 8.10. The van der Waals surface area contributed by atoms with Crippen LogP contribution in [0.5, 0.6) is 0 Å². The summed E-state index contributed by atoms with van der Waals surface area (Å²) >= 11 is 0. The lowest BCUT2D eigenvalue weighted by atomic mass is 9.90. The summed E-state index contributed by atoms with van der Waals surface area (Å²) in [7, 11) is 0. The van der Waals surface area contributed by atoms with Gasteiger partial charge in [0.1, 0.15) is 0 Å². The van der Waals surface area contributed by atoms with E-state index in [-0.39, 0.29) is 12.6 Å². The maximum absolute atomic E-state index is 8.60.